The summed E-state index contributed by atoms with van der Waals surface area (Å²) in [6, 6.07) is 3.63. The number of hydrogen-bond acceptors (Lipinski definition) is 5. The van der Waals surface area contributed by atoms with Crippen LogP contribution in [-0.2, 0) is 9.59 Å². The molecule has 1 aromatic heterocycles. The number of nitrogens with one attached hydrogen (secondary N) is 1. The van der Waals surface area contributed by atoms with Gasteiger partial charge in [0.2, 0.25) is 5.91 Å². The van der Waals surface area contributed by atoms with Crippen LogP contribution in [0.25, 0.3) is 0 Å². The molecular weight excluding hydrogens is 284 g/mol. The fraction of sp³-hybridized carbons (Fsp3) is 0.417. The number of carboxylic acid groups (broad SMARTS) is 1. The Balaban J connectivity index is 2.42. The molecule has 2 N–H and O–H groups in total. The number of nitrogens with zero attached hydrogens (tertiary/aromatic N) is 1. The molecule has 1 rings (SSSR count). The van der Waals surface area contributed by atoms with Gasteiger partial charge in [-0.2, -0.15) is 5.26 Å². The van der Waals surface area contributed by atoms with E-state index in [4.69, 9.17) is 10.4 Å². The summed E-state index contributed by atoms with van der Waals surface area (Å²) in [4.78, 5) is 22.5. The van der Waals surface area contributed by atoms with Gasteiger partial charge in [-0.1, -0.05) is 0 Å². The summed E-state index contributed by atoms with van der Waals surface area (Å²) < 4.78 is -0.902. The fourth-order valence-corrected chi connectivity index (χ4v) is 2.82. The molecule has 0 radical (unpaired) electrons. The Hall–Kier alpha value is -1.52. The molecule has 0 aromatic carbocycles. The van der Waals surface area contributed by atoms with Gasteiger partial charge in [0.25, 0.3) is 0 Å². The SMILES string of the molecule is CC(C)(SCCC(=O)Nc1sccc1C#N)C(=O)O. The highest BCUT2D eigenvalue weighted by atomic mass is 32.2. The van der Waals surface area contributed by atoms with E-state index in [1.807, 2.05) is 6.07 Å². The monoisotopic (exact) mass is 298 g/mol. The number of nitriles is 1. The van der Waals surface area contributed by atoms with Gasteiger partial charge in [-0.05, 0) is 25.3 Å². The summed E-state index contributed by atoms with van der Waals surface area (Å²) in [6.07, 6.45) is 0.212. The summed E-state index contributed by atoms with van der Waals surface area (Å²) >= 11 is 2.51. The van der Waals surface area contributed by atoms with E-state index < -0.39 is 10.7 Å². The molecule has 0 atom stereocenters. The fourth-order valence-electron chi connectivity index (χ4n) is 1.14. The predicted molar refractivity (Wildman–Crippen MR) is 76.5 cm³/mol. The van der Waals surface area contributed by atoms with E-state index in [1.54, 1.807) is 25.3 Å². The van der Waals surface area contributed by atoms with Crippen molar-refractivity contribution in [3.63, 3.8) is 0 Å². The highest BCUT2D eigenvalue weighted by Gasteiger charge is 2.27. The number of carbonyl (C=O) groups excluding carboxylic acids is 1. The molecule has 1 aromatic rings. The zero-order valence-corrected chi connectivity index (χ0v) is 12.2. The molecule has 19 heavy (non-hydrogen) atoms. The molecule has 7 heteroatoms. The van der Waals surface area contributed by atoms with Crippen LogP contribution < -0.4 is 5.32 Å². The van der Waals surface area contributed by atoms with E-state index in [0.717, 1.165) is 0 Å². The molecule has 102 valence electrons. The first kappa shape index (κ1) is 15.5. The minimum Gasteiger partial charge on any atom is -0.480 e. The Bertz CT molecular complexity index is 517. The lowest BCUT2D eigenvalue weighted by atomic mass is 10.2. The van der Waals surface area contributed by atoms with Crippen LogP contribution in [0.3, 0.4) is 0 Å². The van der Waals surface area contributed by atoms with Crippen LogP contribution in [0.1, 0.15) is 25.8 Å². The smallest absolute Gasteiger partial charge is 0.319 e. The minimum atomic E-state index is -0.902. The maximum atomic E-state index is 11.7. The zero-order valence-electron chi connectivity index (χ0n) is 10.6. The summed E-state index contributed by atoms with van der Waals surface area (Å²) in [7, 11) is 0. The number of hydrogen-bond donors (Lipinski definition) is 2. The third-order valence-electron chi connectivity index (χ3n) is 2.35. The summed E-state index contributed by atoms with van der Waals surface area (Å²) in [5.41, 5.74) is 0.442. The predicted octanol–water partition coefficient (Wildman–Crippen LogP) is 2.54. The van der Waals surface area contributed by atoms with Gasteiger partial charge in [0, 0.05) is 12.2 Å². The summed E-state index contributed by atoms with van der Waals surface area (Å²) in [6.45, 7) is 3.20. The third kappa shape index (κ3) is 4.58. The quantitative estimate of drug-likeness (QED) is 0.842. The number of rotatable bonds is 6. The average Bonchev–Trinajstić information content (AvgIpc) is 2.75. The topological polar surface area (TPSA) is 90.2 Å². The van der Waals surface area contributed by atoms with Crippen molar-refractivity contribution in [2.75, 3.05) is 11.1 Å². The second-order valence-corrected chi connectivity index (χ2v) is 6.87. The summed E-state index contributed by atoms with van der Waals surface area (Å²) in [5.74, 6) is -0.700. The number of aliphatic carboxylic acids is 1. The van der Waals surface area contributed by atoms with Crippen molar-refractivity contribution in [3.8, 4) is 6.07 Å². The lowest BCUT2D eigenvalue weighted by Gasteiger charge is -2.17. The van der Waals surface area contributed by atoms with Gasteiger partial charge in [0.15, 0.2) is 0 Å². The van der Waals surface area contributed by atoms with Crippen LogP contribution >= 0.6 is 23.1 Å². The van der Waals surface area contributed by atoms with E-state index in [0.29, 0.717) is 16.3 Å². The van der Waals surface area contributed by atoms with Crippen LogP contribution in [0.15, 0.2) is 11.4 Å². The van der Waals surface area contributed by atoms with Crippen LogP contribution in [0.4, 0.5) is 5.00 Å². The van der Waals surface area contributed by atoms with Crippen molar-refractivity contribution in [1.29, 1.82) is 5.26 Å². The largest absolute Gasteiger partial charge is 0.480 e. The molecule has 0 unspecified atom stereocenters. The third-order valence-corrected chi connectivity index (χ3v) is 4.48. The average molecular weight is 298 g/mol. The maximum Gasteiger partial charge on any atom is 0.319 e. The van der Waals surface area contributed by atoms with Gasteiger partial charge in [-0.25, -0.2) is 0 Å². The Morgan fingerprint density at radius 1 is 1.58 bits per heavy atom. The lowest BCUT2D eigenvalue weighted by Crippen LogP contribution is -2.28. The summed E-state index contributed by atoms with van der Waals surface area (Å²) in [5, 5.41) is 22.6. The zero-order chi connectivity index (χ0) is 14.5. The molecule has 0 spiro atoms. The van der Waals surface area contributed by atoms with Crippen LogP contribution in [0.5, 0.6) is 0 Å². The van der Waals surface area contributed by atoms with Crippen molar-refractivity contribution in [3.05, 3.63) is 17.0 Å². The van der Waals surface area contributed by atoms with Crippen LogP contribution in [-0.4, -0.2) is 27.5 Å². The second kappa shape index (κ2) is 6.59. The number of thioether (sulfide) groups is 1. The Kier molecular flexibility index (Phi) is 5.39. The number of anilines is 1. The first-order valence-corrected chi connectivity index (χ1v) is 7.38. The van der Waals surface area contributed by atoms with Gasteiger partial charge in [0.1, 0.15) is 15.8 Å². The molecule has 0 fully saturated rings. The molecule has 0 aliphatic rings. The molecule has 0 aliphatic heterocycles. The minimum absolute atomic E-state index is 0.212. The highest BCUT2D eigenvalue weighted by molar-refractivity contribution is 8.01. The first-order chi connectivity index (χ1) is 8.86. The van der Waals surface area contributed by atoms with E-state index in [-0.39, 0.29) is 12.3 Å². The van der Waals surface area contributed by atoms with E-state index in [1.165, 1.54) is 23.1 Å². The van der Waals surface area contributed by atoms with E-state index in [2.05, 4.69) is 5.32 Å². The van der Waals surface area contributed by atoms with Gasteiger partial charge in [0.05, 0.1) is 5.56 Å². The molecule has 0 bridgehead atoms. The Morgan fingerprint density at radius 2 is 2.26 bits per heavy atom. The highest BCUT2D eigenvalue weighted by Crippen LogP contribution is 2.26. The Morgan fingerprint density at radius 3 is 2.84 bits per heavy atom. The second-order valence-electron chi connectivity index (χ2n) is 4.24. The van der Waals surface area contributed by atoms with Crippen molar-refractivity contribution in [1.82, 2.24) is 0 Å². The van der Waals surface area contributed by atoms with Crippen molar-refractivity contribution < 1.29 is 14.7 Å². The van der Waals surface area contributed by atoms with Gasteiger partial charge in [-0.15, -0.1) is 23.1 Å². The van der Waals surface area contributed by atoms with Crippen molar-refractivity contribution in [2.45, 2.75) is 25.0 Å². The molecule has 1 amide bonds. The normalized spacial score (nSPS) is 10.8. The van der Waals surface area contributed by atoms with Gasteiger partial charge < -0.3 is 10.4 Å². The lowest BCUT2D eigenvalue weighted by molar-refractivity contribution is -0.138. The number of carbonyl (C=O) groups is 2. The van der Waals surface area contributed by atoms with E-state index in [9.17, 15) is 9.59 Å². The number of amides is 1. The Labute approximate surface area is 119 Å². The molecule has 0 saturated heterocycles. The first-order valence-electron chi connectivity index (χ1n) is 5.51. The van der Waals surface area contributed by atoms with Gasteiger partial charge >= 0.3 is 5.97 Å². The molecule has 5 nitrogen and oxygen atoms in total. The number of thiophene rings is 1. The molecule has 0 saturated carbocycles. The molecule has 0 aliphatic carbocycles. The van der Waals surface area contributed by atoms with Crippen LogP contribution in [0, 0.1) is 11.3 Å². The van der Waals surface area contributed by atoms with Crippen molar-refractivity contribution >= 4 is 40.0 Å². The standard InChI is InChI=1S/C12H14N2O3S2/c1-12(2,11(16)17)19-6-4-9(15)14-10-8(7-13)3-5-18-10/h3,5H,4,6H2,1-2H3,(H,14,15)(H,16,17). The number of carboxylic acids is 1. The van der Waals surface area contributed by atoms with Gasteiger partial charge in [-0.3, -0.25) is 9.59 Å². The maximum absolute atomic E-state index is 11.7. The van der Waals surface area contributed by atoms with E-state index >= 15 is 0 Å². The molecule has 1 heterocycles. The molecular formula is C12H14N2O3S2. The van der Waals surface area contributed by atoms with Crippen LogP contribution in [0.2, 0.25) is 0 Å². The van der Waals surface area contributed by atoms with Crippen molar-refractivity contribution in [2.24, 2.45) is 0 Å².